The van der Waals surface area contributed by atoms with Crippen molar-refractivity contribution in [3.8, 4) is 0 Å². The summed E-state index contributed by atoms with van der Waals surface area (Å²) >= 11 is 3.38. The second kappa shape index (κ2) is 8.64. The fourth-order valence-electron chi connectivity index (χ4n) is 3.74. The Kier molecular flexibility index (Phi) is 5.93. The summed E-state index contributed by atoms with van der Waals surface area (Å²) in [7, 11) is 0. The molecule has 4 rings (SSSR count). The lowest BCUT2D eigenvalue weighted by Gasteiger charge is -2.29. The Morgan fingerprint density at radius 3 is 2.42 bits per heavy atom. The Morgan fingerprint density at radius 1 is 1.00 bits per heavy atom. The molecule has 2 aliphatic heterocycles. The third-order valence-corrected chi connectivity index (χ3v) is 5.92. The molecule has 0 bridgehead atoms. The van der Waals surface area contributed by atoms with Crippen LogP contribution in [0.1, 0.15) is 16.7 Å². The maximum atomic E-state index is 13.2. The first-order chi connectivity index (χ1) is 14.8. The van der Waals surface area contributed by atoms with Gasteiger partial charge in [-0.25, -0.2) is 9.69 Å². The van der Waals surface area contributed by atoms with E-state index in [2.05, 4.69) is 26.1 Å². The molecule has 0 radical (unpaired) electrons. The fourth-order valence-corrected chi connectivity index (χ4v) is 4.22. The van der Waals surface area contributed by atoms with E-state index in [1.165, 1.54) is 0 Å². The molecule has 1 N–H and O–H groups in total. The first-order valence-corrected chi connectivity index (χ1v) is 10.8. The molecule has 2 aromatic rings. The van der Waals surface area contributed by atoms with Crippen LogP contribution in [0.4, 0.5) is 16.2 Å². The van der Waals surface area contributed by atoms with Crippen molar-refractivity contribution in [3.05, 3.63) is 63.1 Å². The molecule has 160 valence electrons. The van der Waals surface area contributed by atoms with Gasteiger partial charge in [-0.1, -0.05) is 22.0 Å². The van der Waals surface area contributed by atoms with E-state index >= 15 is 0 Å². The molecule has 8 heteroatoms. The van der Waals surface area contributed by atoms with Crippen LogP contribution >= 0.6 is 15.9 Å². The van der Waals surface area contributed by atoms with Crippen LogP contribution in [-0.4, -0.2) is 44.1 Å². The number of hydrogen-bond acceptors (Lipinski definition) is 5. The van der Waals surface area contributed by atoms with Gasteiger partial charge in [0.05, 0.1) is 18.9 Å². The Bertz CT molecular complexity index is 1110. The number of hydrogen-bond donors (Lipinski definition) is 1. The third-order valence-electron chi connectivity index (χ3n) is 5.43. The van der Waals surface area contributed by atoms with Crippen LogP contribution in [0.25, 0.3) is 6.08 Å². The molecule has 0 unspecified atom stereocenters. The highest BCUT2D eigenvalue weighted by molar-refractivity contribution is 9.10. The lowest BCUT2D eigenvalue weighted by Crippen LogP contribution is -2.54. The van der Waals surface area contributed by atoms with Crippen molar-refractivity contribution < 1.29 is 19.1 Å². The number of anilines is 2. The van der Waals surface area contributed by atoms with E-state index in [1.54, 1.807) is 25.1 Å². The quantitative estimate of drug-likeness (QED) is 0.533. The zero-order chi connectivity index (χ0) is 22.1. The number of amides is 4. The zero-order valence-corrected chi connectivity index (χ0v) is 18.9. The smallest absolute Gasteiger partial charge is 0.335 e. The summed E-state index contributed by atoms with van der Waals surface area (Å²) in [6.07, 6.45) is 1.55. The number of ether oxygens (including phenoxy) is 1. The molecule has 4 amide bonds. The molecule has 0 spiro atoms. The van der Waals surface area contributed by atoms with Gasteiger partial charge < -0.3 is 9.64 Å². The van der Waals surface area contributed by atoms with E-state index in [-0.39, 0.29) is 5.57 Å². The number of aryl methyl sites for hydroxylation is 2. The number of imide groups is 2. The molecule has 2 saturated heterocycles. The number of morpholine rings is 1. The third kappa shape index (κ3) is 4.26. The number of rotatable bonds is 3. The Labute approximate surface area is 188 Å². The van der Waals surface area contributed by atoms with E-state index in [0.29, 0.717) is 18.9 Å². The molecule has 7 nitrogen and oxygen atoms in total. The molecule has 2 fully saturated rings. The van der Waals surface area contributed by atoms with Crippen LogP contribution in [0, 0.1) is 13.8 Å². The van der Waals surface area contributed by atoms with E-state index in [9.17, 15) is 14.4 Å². The number of nitrogens with one attached hydrogen (secondary N) is 1. The largest absolute Gasteiger partial charge is 0.378 e. The van der Waals surface area contributed by atoms with Crippen molar-refractivity contribution >= 4 is 51.2 Å². The van der Waals surface area contributed by atoms with Crippen molar-refractivity contribution in [2.45, 2.75) is 13.8 Å². The summed E-state index contributed by atoms with van der Waals surface area (Å²) in [5.41, 5.74) is 3.84. The zero-order valence-electron chi connectivity index (χ0n) is 17.3. The van der Waals surface area contributed by atoms with Gasteiger partial charge in [0.25, 0.3) is 11.8 Å². The minimum atomic E-state index is -0.753. The number of nitrogens with zero attached hydrogens (tertiary/aromatic N) is 2. The van der Waals surface area contributed by atoms with Gasteiger partial charge in [-0.3, -0.25) is 14.9 Å². The normalized spacial score (nSPS) is 18.5. The van der Waals surface area contributed by atoms with E-state index in [1.807, 2.05) is 31.2 Å². The molecule has 2 heterocycles. The number of carbonyl (C=O) groups is 3. The number of halogens is 1. The van der Waals surface area contributed by atoms with Gasteiger partial charge in [-0.2, -0.15) is 0 Å². The first kappa shape index (κ1) is 21.3. The summed E-state index contributed by atoms with van der Waals surface area (Å²) in [5, 5.41) is 2.28. The predicted molar refractivity (Wildman–Crippen MR) is 122 cm³/mol. The van der Waals surface area contributed by atoms with Crippen molar-refractivity contribution in [1.82, 2.24) is 5.32 Å². The maximum absolute atomic E-state index is 13.2. The average Bonchev–Trinajstić information content (AvgIpc) is 2.74. The van der Waals surface area contributed by atoms with Gasteiger partial charge in [0.1, 0.15) is 5.57 Å². The summed E-state index contributed by atoms with van der Waals surface area (Å²) in [5.74, 6) is -1.34. The van der Waals surface area contributed by atoms with Crippen LogP contribution in [0.2, 0.25) is 0 Å². The van der Waals surface area contributed by atoms with Gasteiger partial charge >= 0.3 is 6.03 Å². The van der Waals surface area contributed by atoms with Gasteiger partial charge in [0.2, 0.25) is 0 Å². The minimum absolute atomic E-state index is 0.0795. The molecule has 2 aromatic carbocycles. The van der Waals surface area contributed by atoms with Gasteiger partial charge in [-0.05, 0) is 66.9 Å². The summed E-state index contributed by atoms with van der Waals surface area (Å²) in [6.45, 7) is 6.77. The highest BCUT2D eigenvalue weighted by Crippen LogP contribution is 2.28. The summed E-state index contributed by atoms with van der Waals surface area (Å²) < 4.78 is 6.24. The minimum Gasteiger partial charge on any atom is -0.378 e. The molecule has 31 heavy (non-hydrogen) atoms. The van der Waals surface area contributed by atoms with Gasteiger partial charge in [0.15, 0.2) is 0 Å². The summed E-state index contributed by atoms with van der Waals surface area (Å²) in [4.78, 5) is 41.3. The van der Waals surface area contributed by atoms with Crippen molar-refractivity contribution in [2.75, 3.05) is 36.1 Å². The van der Waals surface area contributed by atoms with Crippen molar-refractivity contribution in [2.24, 2.45) is 0 Å². The van der Waals surface area contributed by atoms with Crippen LogP contribution in [-0.2, 0) is 14.3 Å². The van der Waals surface area contributed by atoms with Crippen LogP contribution < -0.4 is 15.1 Å². The average molecular weight is 484 g/mol. The molecule has 2 aliphatic rings. The molecule has 0 aliphatic carbocycles. The second-order valence-corrected chi connectivity index (χ2v) is 8.44. The molecule has 0 atom stereocenters. The van der Waals surface area contributed by atoms with E-state index in [4.69, 9.17) is 4.74 Å². The van der Waals surface area contributed by atoms with Gasteiger partial charge in [-0.15, -0.1) is 0 Å². The Balaban J connectivity index is 1.67. The van der Waals surface area contributed by atoms with Gasteiger partial charge in [0, 0.05) is 23.2 Å². The number of barbiturate groups is 1. The van der Waals surface area contributed by atoms with E-state index < -0.39 is 17.8 Å². The van der Waals surface area contributed by atoms with Crippen molar-refractivity contribution in [3.63, 3.8) is 0 Å². The number of benzene rings is 2. The van der Waals surface area contributed by atoms with Crippen LogP contribution in [0.3, 0.4) is 0 Å². The second-order valence-electron chi connectivity index (χ2n) is 7.53. The molecular formula is C23H22BrN3O4. The maximum Gasteiger partial charge on any atom is 0.335 e. The lowest BCUT2D eigenvalue weighted by molar-refractivity contribution is -0.122. The topological polar surface area (TPSA) is 79.0 Å². The predicted octanol–water partition coefficient (Wildman–Crippen LogP) is 3.57. The fraction of sp³-hybridized carbons (Fsp3) is 0.261. The number of carbonyl (C=O) groups excluding carboxylic acids is 3. The standard InChI is InChI=1S/C23H22BrN3O4/c1-14-12-18(26-7-9-31-10-8-26)5-3-16(14)13-19-21(28)25-23(30)27(22(19)29)20-6-4-17(24)11-15(20)2/h3-6,11-13H,7-10H2,1-2H3,(H,25,28,30)/b19-13+. The SMILES string of the molecule is Cc1cc(N2CCOCC2)ccc1/C=C1\C(=O)NC(=O)N(c2ccc(Br)cc2C)C1=O. The highest BCUT2D eigenvalue weighted by Gasteiger charge is 2.37. The first-order valence-electron chi connectivity index (χ1n) is 9.96. The van der Waals surface area contributed by atoms with Crippen LogP contribution in [0.5, 0.6) is 0 Å². The lowest BCUT2D eigenvalue weighted by atomic mass is 10.0. The van der Waals surface area contributed by atoms with E-state index in [0.717, 1.165) is 44.8 Å². The molecule has 0 saturated carbocycles. The monoisotopic (exact) mass is 483 g/mol. The Hall–Kier alpha value is -2.97. The summed E-state index contributed by atoms with van der Waals surface area (Å²) in [6, 6.07) is 10.4. The molecule has 0 aromatic heterocycles. The van der Waals surface area contributed by atoms with Crippen molar-refractivity contribution in [1.29, 1.82) is 0 Å². The molecular weight excluding hydrogens is 462 g/mol. The number of urea groups is 1. The van der Waals surface area contributed by atoms with Crippen LogP contribution in [0.15, 0.2) is 46.4 Å². The Morgan fingerprint density at radius 2 is 1.74 bits per heavy atom. The highest BCUT2D eigenvalue weighted by atomic mass is 79.9.